The number of nitrogens with one attached hydrogen (secondary N) is 1. The smallest absolute Gasteiger partial charge is 0.321 e. The molecule has 2 amide bonds. The summed E-state index contributed by atoms with van der Waals surface area (Å²) in [7, 11) is 3.42. The third-order valence-corrected chi connectivity index (χ3v) is 3.91. The third-order valence-electron chi connectivity index (χ3n) is 3.91. The summed E-state index contributed by atoms with van der Waals surface area (Å²) in [6.07, 6.45) is 3.23. The monoisotopic (exact) mass is 292 g/mol. The van der Waals surface area contributed by atoms with E-state index in [4.69, 9.17) is 9.47 Å². The fraction of sp³-hybridized carbons (Fsp3) is 0.562. The molecule has 0 saturated carbocycles. The minimum absolute atomic E-state index is 0.105. The Bertz CT molecular complexity index is 459. The molecule has 5 heteroatoms. The number of amides is 2. The van der Waals surface area contributed by atoms with Crippen LogP contribution in [0.25, 0.3) is 0 Å². The van der Waals surface area contributed by atoms with Crippen LogP contribution in [0.1, 0.15) is 19.3 Å². The van der Waals surface area contributed by atoms with Gasteiger partial charge in [-0.25, -0.2) is 4.79 Å². The average Bonchev–Trinajstić information content (AvgIpc) is 2.54. The van der Waals surface area contributed by atoms with Gasteiger partial charge >= 0.3 is 6.03 Å². The van der Waals surface area contributed by atoms with Gasteiger partial charge in [0.05, 0.1) is 12.8 Å². The van der Waals surface area contributed by atoms with Crippen LogP contribution in [0.5, 0.6) is 5.75 Å². The van der Waals surface area contributed by atoms with Crippen molar-refractivity contribution in [2.45, 2.75) is 19.3 Å². The van der Waals surface area contributed by atoms with Crippen LogP contribution in [0.4, 0.5) is 10.5 Å². The standard InChI is InChI=1S/C16H24N2O3/c1-18(10-7-13-8-11-21-12-9-13)16(19)17-14-5-3-4-6-15(14)20-2/h3-6,13H,7-12H2,1-2H3,(H,17,19). The van der Waals surface area contributed by atoms with Crippen molar-refractivity contribution < 1.29 is 14.3 Å². The number of urea groups is 1. The number of para-hydroxylation sites is 2. The molecule has 1 fully saturated rings. The van der Waals surface area contributed by atoms with E-state index in [0.717, 1.165) is 39.0 Å². The maximum absolute atomic E-state index is 12.2. The predicted octanol–water partition coefficient (Wildman–Crippen LogP) is 2.98. The van der Waals surface area contributed by atoms with Crippen LogP contribution in [-0.2, 0) is 4.74 Å². The van der Waals surface area contributed by atoms with Gasteiger partial charge in [-0.3, -0.25) is 0 Å². The van der Waals surface area contributed by atoms with Crippen LogP contribution in [0, 0.1) is 5.92 Å². The molecule has 5 nitrogen and oxygen atoms in total. The molecular formula is C16H24N2O3. The molecule has 0 bridgehead atoms. The zero-order chi connectivity index (χ0) is 15.1. The lowest BCUT2D eigenvalue weighted by Gasteiger charge is -2.25. The number of hydrogen-bond acceptors (Lipinski definition) is 3. The van der Waals surface area contributed by atoms with Gasteiger partial charge in [0.25, 0.3) is 0 Å². The lowest BCUT2D eigenvalue weighted by atomic mass is 9.96. The van der Waals surface area contributed by atoms with Crippen molar-refractivity contribution in [3.8, 4) is 5.75 Å². The summed E-state index contributed by atoms with van der Waals surface area (Å²) >= 11 is 0. The van der Waals surface area contributed by atoms with Crippen molar-refractivity contribution in [2.24, 2.45) is 5.92 Å². The molecule has 1 aromatic carbocycles. The van der Waals surface area contributed by atoms with E-state index in [2.05, 4.69) is 5.32 Å². The molecule has 0 atom stereocenters. The number of methoxy groups -OCH3 is 1. The molecule has 0 radical (unpaired) electrons. The highest BCUT2D eigenvalue weighted by Crippen LogP contribution is 2.23. The van der Waals surface area contributed by atoms with Crippen LogP contribution in [0.15, 0.2) is 24.3 Å². The summed E-state index contributed by atoms with van der Waals surface area (Å²) < 4.78 is 10.6. The largest absolute Gasteiger partial charge is 0.495 e. The zero-order valence-corrected chi connectivity index (χ0v) is 12.8. The summed E-state index contributed by atoms with van der Waals surface area (Å²) in [6, 6.07) is 7.32. The number of hydrogen-bond donors (Lipinski definition) is 1. The van der Waals surface area contributed by atoms with Crippen LogP contribution in [0.3, 0.4) is 0 Å². The summed E-state index contributed by atoms with van der Waals surface area (Å²) in [5.74, 6) is 1.34. The van der Waals surface area contributed by atoms with Crippen molar-refractivity contribution in [3.05, 3.63) is 24.3 Å². The first-order valence-electron chi connectivity index (χ1n) is 7.43. The molecule has 1 aromatic rings. The average molecular weight is 292 g/mol. The second kappa shape index (κ2) is 7.88. The Labute approximate surface area is 126 Å². The minimum Gasteiger partial charge on any atom is -0.495 e. The Morgan fingerprint density at radius 1 is 1.38 bits per heavy atom. The van der Waals surface area contributed by atoms with Crippen LogP contribution in [-0.4, -0.2) is 44.8 Å². The molecule has 1 heterocycles. The molecule has 1 aliphatic rings. The Morgan fingerprint density at radius 3 is 2.81 bits per heavy atom. The highest BCUT2D eigenvalue weighted by Gasteiger charge is 2.16. The molecule has 21 heavy (non-hydrogen) atoms. The van der Waals surface area contributed by atoms with Crippen LogP contribution in [0.2, 0.25) is 0 Å². The SMILES string of the molecule is COc1ccccc1NC(=O)N(C)CCC1CCOCC1. The second-order valence-corrected chi connectivity index (χ2v) is 5.40. The number of carbonyl (C=O) groups is 1. The van der Waals surface area contributed by atoms with E-state index >= 15 is 0 Å². The van der Waals surface area contributed by atoms with Gasteiger partial charge in [-0.15, -0.1) is 0 Å². The summed E-state index contributed by atoms with van der Waals surface area (Å²) in [4.78, 5) is 13.9. The number of benzene rings is 1. The van der Waals surface area contributed by atoms with E-state index in [0.29, 0.717) is 17.4 Å². The normalized spacial score (nSPS) is 15.5. The topological polar surface area (TPSA) is 50.8 Å². The summed E-state index contributed by atoms with van der Waals surface area (Å²) in [5.41, 5.74) is 0.697. The van der Waals surface area contributed by atoms with Gasteiger partial charge in [-0.05, 0) is 37.3 Å². The van der Waals surface area contributed by atoms with Crippen molar-refractivity contribution in [3.63, 3.8) is 0 Å². The summed E-state index contributed by atoms with van der Waals surface area (Å²) in [6.45, 7) is 2.45. The molecule has 1 saturated heterocycles. The number of carbonyl (C=O) groups excluding carboxylic acids is 1. The fourth-order valence-electron chi connectivity index (χ4n) is 2.47. The lowest BCUT2D eigenvalue weighted by Crippen LogP contribution is -2.33. The van der Waals surface area contributed by atoms with Crippen molar-refractivity contribution >= 4 is 11.7 Å². The molecule has 2 rings (SSSR count). The maximum atomic E-state index is 12.2. The minimum atomic E-state index is -0.105. The Balaban J connectivity index is 1.81. The quantitative estimate of drug-likeness (QED) is 0.907. The molecule has 1 N–H and O–H groups in total. The molecule has 0 aliphatic carbocycles. The van der Waals surface area contributed by atoms with Gasteiger partial charge < -0.3 is 19.7 Å². The van der Waals surface area contributed by atoms with Crippen molar-refractivity contribution in [1.29, 1.82) is 0 Å². The van der Waals surface area contributed by atoms with Gasteiger partial charge in [0.2, 0.25) is 0 Å². The first kappa shape index (κ1) is 15.6. The highest BCUT2D eigenvalue weighted by molar-refractivity contribution is 5.90. The Kier molecular flexibility index (Phi) is 5.87. The number of nitrogens with zero attached hydrogens (tertiary/aromatic N) is 1. The van der Waals surface area contributed by atoms with Crippen LogP contribution >= 0.6 is 0 Å². The third kappa shape index (κ3) is 4.63. The van der Waals surface area contributed by atoms with E-state index in [9.17, 15) is 4.79 Å². The van der Waals surface area contributed by atoms with E-state index < -0.39 is 0 Å². The summed E-state index contributed by atoms with van der Waals surface area (Å²) in [5, 5.41) is 2.89. The molecule has 0 unspecified atom stereocenters. The van der Waals surface area contributed by atoms with Crippen molar-refractivity contribution in [1.82, 2.24) is 4.90 Å². The van der Waals surface area contributed by atoms with E-state index in [1.807, 2.05) is 31.3 Å². The molecule has 0 spiro atoms. The molecule has 0 aromatic heterocycles. The van der Waals surface area contributed by atoms with Crippen molar-refractivity contribution in [2.75, 3.05) is 39.2 Å². The number of anilines is 1. The Hall–Kier alpha value is -1.75. The fourth-order valence-corrected chi connectivity index (χ4v) is 2.47. The molecule has 116 valence electrons. The van der Waals surface area contributed by atoms with Crippen LogP contribution < -0.4 is 10.1 Å². The first-order valence-corrected chi connectivity index (χ1v) is 7.43. The highest BCUT2D eigenvalue weighted by atomic mass is 16.5. The first-order chi connectivity index (χ1) is 10.2. The van der Waals surface area contributed by atoms with Gasteiger partial charge in [0.1, 0.15) is 5.75 Å². The number of rotatable bonds is 5. The Morgan fingerprint density at radius 2 is 2.10 bits per heavy atom. The predicted molar refractivity (Wildman–Crippen MR) is 82.8 cm³/mol. The van der Waals surface area contributed by atoms with Gasteiger partial charge in [0.15, 0.2) is 0 Å². The number of ether oxygens (including phenoxy) is 2. The molecule has 1 aliphatic heterocycles. The van der Waals surface area contributed by atoms with E-state index in [-0.39, 0.29) is 6.03 Å². The van der Waals surface area contributed by atoms with Gasteiger partial charge in [0, 0.05) is 26.8 Å². The zero-order valence-electron chi connectivity index (χ0n) is 12.8. The lowest BCUT2D eigenvalue weighted by molar-refractivity contribution is 0.0621. The van der Waals surface area contributed by atoms with E-state index in [1.54, 1.807) is 12.0 Å². The second-order valence-electron chi connectivity index (χ2n) is 5.40. The maximum Gasteiger partial charge on any atom is 0.321 e. The van der Waals surface area contributed by atoms with Gasteiger partial charge in [-0.1, -0.05) is 12.1 Å². The van der Waals surface area contributed by atoms with E-state index in [1.165, 1.54) is 0 Å². The molecular weight excluding hydrogens is 268 g/mol. The van der Waals surface area contributed by atoms with Gasteiger partial charge in [-0.2, -0.15) is 0 Å².